The number of rotatable bonds is 8. The van der Waals surface area contributed by atoms with E-state index < -0.39 is 0 Å². The highest BCUT2D eigenvalue weighted by Crippen LogP contribution is 2.26. The van der Waals surface area contributed by atoms with E-state index >= 15 is 0 Å². The average Bonchev–Trinajstić information content (AvgIpc) is 2.32. The number of halogens is 1. The van der Waals surface area contributed by atoms with Gasteiger partial charge < -0.3 is 10.1 Å². The third-order valence-electron chi connectivity index (χ3n) is 2.62. The molecule has 1 aromatic rings. The van der Waals surface area contributed by atoms with Crippen molar-refractivity contribution in [3.63, 3.8) is 0 Å². The third-order valence-corrected chi connectivity index (χ3v) is 3.23. The lowest BCUT2D eigenvalue weighted by Crippen LogP contribution is -2.13. The summed E-state index contributed by atoms with van der Waals surface area (Å²) in [5, 5.41) is 3.34. The zero-order valence-electron chi connectivity index (χ0n) is 10.8. The van der Waals surface area contributed by atoms with Gasteiger partial charge in [-0.25, -0.2) is 0 Å². The molecule has 0 aliphatic carbocycles. The topological polar surface area (TPSA) is 21.3 Å². The fourth-order valence-corrected chi connectivity index (χ4v) is 2.27. The first kappa shape index (κ1) is 14.5. The molecular weight excluding hydrogens is 278 g/mol. The molecule has 0 amide bonds. The summed E-state index contributed by atoms with van der Waals surface area (Å²) >= 11 is 3.54. The van der Waals surface area contributed by atoms with Crippen LogP contribution in [0.25, 0.3) is 0 Å². The Kier molecular flexibility index (Phi) is 7.29. The van der Waals surface area contributed by atoms with E-state index in [2.05, 4.69) is 40.3 Å². The molecule has 1 rings (SSSR count). The van der Waals surface area contributed by atoms with E-state index in [1.165, 1.54) is 18.4 Å². The summed E-state index contributed by atoms with van der Waals surface area (Å²) < 4.78 is 6.55. The predicted octanol–water partition coefficient (Wildman–Crippen LogP) is 3.78. The zero-order valence-corrected chi connectivity index (χ0v) is 12.3. The summed E-state index contributed by atoms with van der Waals surface area (Å²) in [5.74, 6) is 0.934. The van der Waals surface area contributed by atoms with E-state index in [1.54, 1.807) is 0 Å². The standard InChI is InChI=1S/C14H22BrNO/c1-3-16-10-6-5-7-12-8-9-14(17-4-2)13(15)11-12/h8-9,11,16H,3-7,10H2,1-2H3. The molecule has 0 aliphatic heterocycles. The fraction of sp³-hybridized carbons (Fsp3) is 0.571. The van der Waals surface area contributed by atoms with Gasteiger partial charge in [0.05, 0.1) is 11.1 Å². The summed E-state index contributed by atoms with van der Waals surface area (Å²) in [7, 11) is 0. The van der Waals surface area contributed by atoms with Crippen molar-refractivity contribution in [1.82, 2.24) is 5.32 Å². The maximum Gasteiger partial charge on any atom is 0.133 e. The first-order valence-corrected chi connectivity index (χ1v) is 7.19. The first-order valence-electron chi connectivity index (χ1n) is 6.39. The molecule has 1 N–H and O–H groups in total. The monoisotopic (exact) mass is 299 g/mol. The largest absolute Gasteiger partial charge is 0.493 e. The summed E-state index contributed by atoms with van der Waals surface area (Å²) in [6.07, 6.45) is 3.60. The van der Waals surface area contributed by atoms with Crippen molar-refractivity contribution in [3.8, 4) is 5.75 Å². The lowest BCUT2D eigenvalue weighted by molar-refractivity contribution is 0.338. The molecule has 0 fully saturated rings. The van der Waals surface area contributed by atoms with Crippen molar-refractivity contribution in [2.75, 3.05) is 19.7 Å². The van der Waals surface area contributed by atoms with Gasteiger partial charge in [0, 0.05) is 0 Å². The molecule has 0 spiro atoms. The molecule has 0 unspecified atom stereocenters. The molecule has 0 saturated heterocycles. The Bertz CT molecular complexity index is 328. The maximum absolute atomic E-state index is 5.49. The van der Waals surface area contributed by atoms with Crippen LogP contribution in [-0.2, 0) is 6.42 Å². The molecule has 1 aromatic carbocycles. The van der Waals surface area contributed by atoms with Crippen LogP contribution in [0.1, 0.15) is 32.3 Å². The Morgan fingerprint density at radius 1 is 1.24 bits per heavy atom. The summed E-state index contributed by atoms with van der Waals surface area (Å²) in [6.45, 7) is 7.04. The van der Waals surface area contributed by atoms with Gasteiger partial charge in [0.2, 0.25) is 0 Å². The van der Waals surface area contributed by atoms with Gasteiger partial charge in [0.15, 0.2) is 0 Å². The third kappa shape index (κ3) is 5.55. The van der Waals surface area contributed by atoms with Gasteiger partial charge in [-0.2, -0.15) is 0 Å². The molecule has 17 heavy (non-hydrogen) atoms. The number of nitrogens with one attached hydrogen (secondary N) is 1. The van der Waals surface area contributed by atoms with Crippen molar-refractivity contribution in [2.45, 2.75) is 33.1 Å². The van der Waals surface area contributed by atoms with Crippen LogP contribution < -0.4 is 10.1 Å². The zero-order chi connectivity index (χ0) is 12.5. The lowest BCUT2D eigenvalue weighted by Gasteiger charge is -2.08. The van der Waals surface area contributed by atoms with Crippen molar-refractivity contribution in [2.24, 2.45) is 0 Å². The normalized spacial score (nSPS) is 10.5. The number of benzene rings is 1. The molecule has 0 atom stereocenters. The second-order valence-electron chi connectivity index (χ2n) is 4.01. The first-order chi connectivity index (χ1) is 8.27. The number of hydrogen-bond donors (Lipinski definition) is 1. The Morgan fingerprint density at radius 2 is 2.06 bits per heavy atom. The van der Waals surface area contributed by atoms with Crippen molar-refractivity contribution in [1.29, 1.82) is 0 Å². The molecule has 96 valence electrons. The van der Waals surface area contributed by atoms with Gasteiger partial charge in [0.25, 0.3) is 0 Å². The average molecular weight is 300 g/mol. The van der Waals surface area contributed by atoms with Crippen LogP contribution >= 0.6 is 15.9 Å². The highest BCUT2D eigenvalue weighted by Gasteiger charge is 2.01. The van der Waals surface area contributed by atoms with Gasteiger partial charge in [-0.3, -0.25) is 0 Å². The van der Waals surface area contributed by atoms with Crippen LogP contribution in [0.15, 0.2) is 22.7 Å². The maximum atomic E-state index is 5.49. The molecule has 3 heteroatoms. The minimum absolute atomic E-state index is 0.709. The Labute approximate surface area is 113 Å². The van der Waals surface area contributed by atoms with Gasteiger partial charge in [0.1, 0.15) is 5.75 Å². The van der Waals surface area contributed by atoms with E-state index in [-0.39, 0.29) is 0 Å². The minimum atomic E-state index is 0.709. The summed E-state index contributed by atoms with van der Waals surface area (Å²) in [4.78, 5) is 0. The fourth-order valence-electron chi connectivity index (χ4n) is 1.73. The molecule has 0 radical (unpaired) electrons. The van der Waals surface area contributed by atoms with E-state index in [9.17, 15) is 0 Å². The minimum Gasteiger partial charge on any atom is -0.493 e. The van der Waals surface area contributed by atoms with Crippen LogP contribution in [-0.4, -0.2) is 19.7 Å². The van der Waals surface area contributed by atoms with E-state index in [0.717, 1.165) is 29.7 Å². The van der Waals surface area contributed by atoms with Gasteiger partial charge >= 0.3 is 0 Å². The Hall–Kier alpha value is -0.540. The quantitative estimate of drug-likeness (QED) is 0.738. The van der Waals surface area contributed by atoms with Crippen molar-refractivity contribution < 1.29 is 4.74 Å². The van der Waals surface area contributed by atoms with Gasteiger partial charge in [-0.1, -0.05) is 13.0 Å². The van der Waals surface area contributed by atoms with Crippen LogP contribution in [0, 0.1) is 0 Å². The second-order valence-corrected chi connectivity index (χ2v) is 4.86. The van der Waals surface area contributed by atoms with E-state index in [4.69, 9.17) is 4.74 Å². The van der Waals surface area contributed by atoms with Crippen LogP contribution in [0.5, 0.6) is 5.75 Å². The van der Waals surface area contributed by atoms with Crippen LogP contribution in [0.3, 0.4) is 0 Å². The Morgan fingerprint density at radius 3 is 2.71 bits per heavy atom. The number of ether oxygens (including phenoxy) is 1. The smallest absolute Gasteiger partial charge is 0.133 e. The Balaban J connectivity index is 2.36. The molecule has 0 heterocycles. The molecular formula is C14H22BrNO. The van der Waals surface area contributed by atoms with E-state index in [1.807, 2.05) is 13.0 Å². The number of aryl methyl sites for hydroxylation is 1. The van der Waals surface area contributed by atoms with Gasteiger partial charge in [-0.15, -0.1) is 0 Å². The van der Waals surface area contributed by atoms with Crippen LogP contribution in [0.2, 0.25) is 0 Å². The lowest BCUT2D eigenvalue weighted by atomic mass is 10.1. The highest BCUT2D eigenvalue weighted by atomic mass is 79.9. The van der Waals surface area contributed by atoms with E-state index in [0.29, 0.717) is 6.61 Å². The molecule has 2 nitrogen and oxygen atoms in total. The van der Waals surface area contributed by atoms with Gasteiger partial charge in [-0.05, 0) is 72.9 Å². The molecule has 0 saturated carbocycles. The SMILES string of the molecule is CCNCCCCc1ccc(OCC)c(Br)c1. The van der Waals surface area contributed by atoms with Crippen molar-refractivity contribution >= 4 is 15.9 Å². The molecule has 0 bridgehead atoms. The number of unbranched alkanes of at least 4 members (excludes halogenated alkanes) is 1. The summed E-state index contributed by atoms with van der Waals surface area (Å²) in [5.41, 5.74) is 1.37. The van der Waals surface area contributed by atoms with Crippen molar-refractivity contribution in [3.05, 3.63) is 28.2 Å². The second kappa shape index (κ2) is 8.54. The predicted molar refractivity (Wildman–Crippen MR) is 76.8 cm³/mol. The molecule has 0 aromatic heterocycles. The van der Waals surface area contributed by atoms with Crippen LogP contribution in [0.4, 0.5) is 0 Å². The number of hydrogen-bond acceptors (Lipinski definition) is 2. The summed E-state index contributed by atoms with van der Waals surface area (Å²) in [6, 6.07) is 6.37. The molecule has 0 aliphatic rings. The highest BCUT2D eigenvalue weighted by molar-refractivity contribution is 9.10.